The highest BCUT2D eigenvalue weighted by Gasteiger charge is 2.45. The van der Waals surface area contributed by atoms with Crippen molar-refractivity contribution in [3.63, 3.8) is 0 Å². The molecule has 2 N–H and O–H groups in total. The van der Waals surface area contributed by atoms with Gasteiger partial charge in [0.2, 0.25) is 0 Å². The fourth-order valence-electron chi connectivity index (χ4n) is 7.34. The predicted molar refractivity (Wildman–Crippen MR) is 164 cm³/mol. The van der Waals surface area contributed by atoms with Crippen LogP contribution in [-0.2, 0) is 0 Å². The Labute approximate surface area is 254 Å². The second-order valence-electron chi connectivity index (χ2n) is 12.0. The molecular weight excluding hydrogens is 562 g/mol. The number of phenols is 1. The molecule has 224 valence electrons. The molecule has 1 atom stereocenters. The average Bonchev–Trinajstić information content (AvgIpc) is 3.61. The van der Waals surface area contributed by atoms with E-state index in [1.807, 2.05) is 4.90 Å². The zero-order chi connectivity index (χ0) is 30.4. The molecule has 4 aromatic rings. The van der Waals surface area contributed by atoms with Gasteiger partial charge in [-0.2, -0.15) is 15.2 Å². The summed E-state index contributed by atoms with van der Waals surface area (Å²) in [6.45, 7) is 4.27. The van der Waals surface area contributed by atoms with Gasteiger partial charge < -0.3 is 20.1 Å². The van der Waals surface area contributed by atoms with Crippen molar-refractivity contribution >= 4 is 27.5 Å². The topological polar surface area (TPSA) is 97.5 Å². The van der Waals surface area contributed by atoms with Crippen molar-refractivity contribution in [2.45, 2.75) is 43.7 Å². The minimum absolute atomic E-state index is 0.00863. The third-order valence-corrected chi connectivity index (χ3v) is 9.43. The number of anilines is 1. The fraction of sp³-hybridized carbons (Fsp3) is 0.382. The van der Waals surface area contributed by atoms with Crippen LogP contribution in [-0.4, -0.2) is 70.9 Å². The van der Waals surface area contributed by atoms with Crippen LogP contribution in [0.4, 0.5) is 14.6 Å². The van der Waals surface area contributed by atoms with E-state index in [0.29, 0.717) is 54.6 Å². The van der Waals surface area contributed by atoms with Crippen LogP contribution in [0.15, 0.2) is 36.4 Å². The van der Waals surface area contributed by atoms with Gasteiger partial charge in [0.1, 0.15) is 29.5 Å². The second kappa shape index (κ2) is 11.2. The maximum absolute atomic E-state index is 16.8. The van der Waals surface area contributed by atoms with Crippen LogP contribution < -0.4 is 15.0 Å². The fourth-order valence-corrected chi connectivity index (χ4v) is 7.34. The lowest BCUT2D eigenvalue weighted by Gasteiger charge is -2.34. The van der Waals surface area contributed by atoms with E-state index in [0.717, 1.165) is 38.8 Å². The minimum atomic E-state index is -0.652. The summed E-state index contributed by atoms with van der Waals surface area (Å²) < 4.78 is 37.9. The average molecular weight is 595 g/mol. The number of hydrogen-bond acceptors (Lipinski definition) is 8. The van der Waals surface area contributed by atoms with Crippen molar-refractivity contribution in [1.82, 2.24) is 20.2 Å². The number of ether oxygens (including phenoxy) is 1. The summed E-state index contributed by atoms with van der Waals surface area (Å²) in [5.74, 6) is 1.57. The first kappa shape index (κ1) is 28.3. The lowest BCUT2D eigenvalue weighted by atomic mass is 9.93. The number of halogens is 2. The minimum Gasteiger partial charge on any atom is -0.508 e. The number of nitrogens with zero attached hydrogens (tertiary/aromatic N) is 5. The maximum Gasteiger partial charge on any atom is 0.319 e. The molecule has 44 heavy (non-hydrogen) atoms. The van der Waals surface area contributed by atoms with Gasteiger partial charge in [0.15, 0.2) is 5.82 Å². The Kier molecular flexibility index (Phi) is 7.20. The number of nitriles is 1. The molecule has 10 heteroatoms. The van der Waals surface area contributed by atoms with Gasteiger partial charge in [0.05, 0.1) is 23.6 Å². The SMILES string of the molecule is C#Cc1c(F)ccc2cc(O)cc(-c3ccc4c(N5CCN[C@@H](CC#N)C5)nc(OCC56CCCN5CCC6)nc4c3F)c12. The third kappa shape index (κ3) is 4.75. The van der Waals surface area contributed by atoms with Crippen LogP contribution >= 0.6 is 0 Å². The summed E-state index contributed by atoms with van der Waals surface area (Å²) in [6, 6.07) is 11.2. The van der Waals surface area contributed by atoms with Crippen molar-refractivity contribution < 1.29 is 18.6 Å². The molecule has 0 radical (unpaired) electrons. The van der Waals surface area contributed by atoms with Gasteiger partial charge >= 0.3 is 6.01 Å². The first-order valence-corrected chi connectivity index (χ1v) is 15.1. The van der Waals surface area contributed by atoms with E-state index in [9.17, 15) is 14.8 Å². The maximum atomic E-state index is 16.8. The van der Waals surface area contributed by atoms with Gasteiger partial charge in [-0.1, -0.05) is 18.1 Å². The Morgan fingerprint density at radius 3 is 2.68 bits per heavy atom. The van der Waals surface area contributed by atoms with Gasteiger partial charge in [0, 0.05) is 42.0 Å². The quantitative estimate of drug-likeness (QED) is 0.297. The number of hydrogen-bond donors (Lipinski definition) is 2. The molecule has 0 aliphatic carbocycles. The number of fused-ring (bicyclic) bond motifs is 3. The summed E-state index contributed by atoms with van der Waals surface area (Å²) in [6.07, 6.45) is 10.3. The normalized spacial score (nSPS) is 19.6. The molecule has 8 nitrogen and oxygen atoms in total. The lowest BCUT2D eigenvalue weighted by molar-refractivity contribution is 0.108. The summed E-state index contributed by atoms with van der Waals surface area (Å²) in [4.78, 5) is 13.9. The number of piperazine rings is 1. The molecular formula is C34H32F2N6O2. The van der Waals surface area contributed by atoms with Gasteiger partial charge in [-0.3, -0.25) is 4.90 Å². The van der Waals surface area contributed by atoms with Crippen molar-refractivity contribution in [1.29, 1.82) is 5.26 Å². The molecule has 3 aliphatic rings. The molecule has 0 amide bonds. The highest BCUT2D eigenvalue weighted by molar-refractivity contribution is 6.04. The van der Waals surface area contributed by atoms with Crippen LogP contribution in [0.3, 0.4) is 0 Å². The number of aromatic nitrogens is 2. The van der Waals surface area contributed by atoms with Crippen molar-refractivity contribution in [2.24, 2.45) is 0 Å². The first-order chi connectivity index (χ1) is 21.4. The van der Waals surface area contributed by atoms with Crippen molar-refractivity contribution in [3.8, 4) is 41.3 Å². The molecule has 0 bridgehead atoms. The number of phenolic OH excluding ortho intramolecular Hbond substituents is 1. The Hall–Kier alpha value is -4.51. The first-order valence-electron chi connectivity index (χ1n) is 15.1. The number of rotatable bonds is 6. The monoisotopic (exact) mass is 594 g/mol. The summed E-state index contributed by atoms with van der Waals surface area (Å²) in [5, 5.41) is 24.5. The van der Waals surface area contributed by atoms with Crippen LogP contribution in [0.25, 0.3) is 32.8 Å². The van der Waals surface area contributed by atoms with E-state index >= 15 is 4.39 Å². The van der Waals surface area contributed by atoms with E-state index in [1.54, 1.807) is 12.1 Å². The summed E-state index contributed by atoms with van der Waals surface area (Å²) in [5.41, 5.74) is 0.375. The van der Waals surface area contributed by atoms with E-state index in [4.69, 9.17) is 16.1 Å². The molecule has 3 aliphatic heterocycles. The van der Waals surface area contributed by atoms with Crippen molar-refractivity contribution in [3.05, 3.63) is 53.6 Å². The largest absolute Gasteiger partial charge is 0.508 e. The standard InChI is InChI=1S/C34H32F2N6O2/c1-2-24-28(35)8-5-21-17-23(43)18-27(29(21)24)25-6-7-26-31(30(25)36)39-33(44-20-34-10-3-14-42(34)15-4-11-34)40-32(26)41-16-13-38-22(19-41)9-12-37/h1,5-8,17-18,22,38,43H,3-4,9-11,13-16,19-20H2/t22-/m0/s1. The van der Waals surface area contributed by atoms with Crippen LogP contribution in [0.1, 0.15) is 37.7 Å². The number of terminal acetylenes is 1. The van der Waals surface area contributed by atoms with Crippen molar-refractivity contribution in [2.75, 3.05) is 44.2 Å². The number of nitrogens with one attached hydrogen (secondary N) is 1. The van der Waals surface area contributed by atoms with Gasteiger partial charge in [-0.15, -0.1) is 6.42 Å². The molecule has 7 rings (SSSR count). The highest BCUT2D eigenvalue weighted by atomic mass is 19.1. The van der Waals surface area contributed by atoms with Crippen LogP contribution in [0.5, 0.6) is 11.8 Å². The molecule has 3 aromatic carbocycles. The second-order valence-corrected chi connectivity index (χ2v) is 12.0. The zero-order valence-electron chi connectivity index (χ0n) is 24.2. The summed E-state index contributed by atoms with van der Waals surface area (Å²) >= 11 is 0. The zero-order valence-corrected chi connectivity index (χ0v) is 24.2. The molecule has 4 heterocycles. The predicted octanol–water partition coefficient (Wildman–Crippen LogP) is 5.11. The Morgan fingerprint density at radius 1 is 1.09 bits per heavy atom. The van der Waals surface area contributed by atoms with E-state index < -0.39 is 11.6 Å². The molecule has 0 saturated carbocycles. The van der Waals surface area contributed by atoms with Gasteiger partial charge in [-0.05, 0) is 74.0 Å². The smallest absolute Gasteiger partial charge is 0.319 e. The third-order valence-electron chi connectivity index (χ3n) is 9.43. The van der Waals surface area contributed by atoms with E-state index in [-0.39, 0.29) is 45.5 Å². The van der Waals surface area contributed by atoms with Gasteiger partial charge in [0.25, 0.3) is 0 Å². The number of aromatic hydroxyl groups is 1. The Morgan fingerprint density at radius 2 is 1.91 bits per heavy atom. The molecule has 1 aromatic heterocycles. The molecule has 3 fully saturated rings. The Bertz CT molecular complexity index is 1860. The Balaban J connectivity index is 1.38. The molecule has 0 spiro atoms. The van der Waals surface area contributed by atoms with Gasteiger partial charge in [-0.25, -0.2) is 8.78 Å². The highest BCUT2D eigenvalue weighted by Crippen LogP contribution is 2.41. The number of benzene rings is 3. The lowest BCUT2D eigenvalue weighted by Crippen LogP contribution is -2.51. The van der Waals surface area contributed by atoms with Crippen LogP contribution in [0, 0.1) is 35.3 Å². The van der Waals surface area contributed by atoms with E-state index in [1.165, 1.54) is 24.3 Å². The molecule has 3 saturated heterocycles. The summed E-state index contributed by atoms with van der Waals surface area (Å²) in [7, 11) is 0. The van der Waals surface area contributed by atoms with E-state index in [2.05, 4.69) is 27.2 Å². The molecule has 0 unspecified atom stereocenters. The van der Waals surface area contributed by atoms with Crippen LogP contribution in [0.2, 0.25) is 0 Å².